The molecule has 1 heterocycles. The third kappa shape index (κ3) is 2.93. The summed E-state index contributed by atoms with van der Waals surface area (Å²) in [5, 5.41) is 3.38. The van der Waals surface area contributed by atoms with Gasteiger partial charge in [-0.05, 0) is 30.4 Å². The number of amides is 1. The molecule has 104 valence electrons. The standard InChI is InChI=1S/C15H20N2O.ClH/c1-11(12-6-7-12)15(18)17-9-8-16-10-13-4-2-3-5-14(13)17;/h2-5,11-12,16H,6-10H2,1H3;1H. The topological polar surface area (TPSA) is 32.3 Å². The molecule has 0 aromatic heterocycles. The third-order valence-corrected chi connectivity index (χ3v) is 4.09. The van der Waals surface area contributed by atoms with Crippen LogP contribution >= 0.6 is 12.4 Å². The van der Waals surface area contributed by atoms with Crippen LogP contribution in [0.1, 0.15) is 25.3 Å². The van der Waals surface area contributed by atoms with E-state index in [4.69, 9.17) is 0 Å². The van der Waals surface area contributed by atoms with Gasteiger partial charge in [0.1, 0.15) is 0 Å². The lowest BCUT2D eigenvalue weighted by Gasteiger charge is -2.25. The van der Waals surface area contributed by atoms with Gasteiger partial charge in [-0.1, -0.05) is 25.1 Å². The van der Waals surface area contributed by atoms with E-state index in [2.05, 4.69) is 24.4 Å². The number of fused-ring (bicyclic) bond motifs is 1. The summed E-state index contributed by atoms with van der Waals surface area (Å²) in [6, 6.07) is 8.24. The molecule has 3 nitrogen and oxygen atoms in total. The predicted molar refractivity (Wildman–Crippen MR) is 79.6 cm³/mol. The number of hydrogen-bond donors (Lipinski definition) is 1. The molecule has 2 aliphatic rings. The summed E-state index contributed by atoms with van der Waals surface area (Å²) in [5.41, 5.74) is 2.33. The summed E-state index contributed by atoms with van der Waals surface area (Å²) in [4.78, 5) is 14.6. The molecule has 1 amide bonds. The number of nitrogens with zero attached hydrogens (tertiary/aromatic N) is 1. The Morgan fingerprint density at radius 1 is 1.37 bits per heavy atom. The fraction of sp³-hybridized carbons (Fsp3) is 0.533. The zero-order valence-corrected chi connectivity index (χ0v) is 12.1. The number of anilines is 1. The zero-order valence-electron chi connectivity index (χ0n) is 11.3. The SMILES string of the molecule is CC(C(=O)N1CCNCc2ccccc21)C1CC1.Cl. The van der Waals surface area contributed by atoms with E-state index in [1.807, 2.05) is 17.0 Å². The number of halogens is 1. The first-order valence-electron chi connectivity index (χ1n) is 6.87. The molecule has 1 aromatic rings. The largest absolute Gasteiger partial charge is 0.311 e. The van der Waals surface area contributed by atoms with Crippen molar-refractivity contribution >= 4 is 24.0 Å². The predicted octanol–water partition coefficient (Wildman–Crippen LogP) is 2.59. The molecule has 1 N–H and O–H groups in total. The lowest BCUT2D eigenvalue weighted by atomic mass is 10.0. The Labute approximate surface area is 120 Å². The van der Waals surface area contributed by atoms with E-state index in [1.54, 1.807) is 0 Å². The fourth-order valence-electron chi connectivity index (χ4n) is 2.73. The molecule has 1 aliphatic carbocycles. The van der Waals surface area contributed by atoms with Gasteiger partial charge in [0.25, 0.3) is 0 Å². The van der Waals surface area contributed by atoms with Gasteiger partial charge >= 0.3 is 0 Å². The Morgan fingerprint density at radius 2 is 2.11 bits per heavy atom. The van der Waals surface area contributed by atoms with Crippen LogP contribution in [0.2, 0.25) is 0 Å². The second-order valence-electron chi connectivity index (χ2n) is 5.42. The summed E-state index contributed by atoms with van der Waals surface area (Å²) in [6.45, 7) is 4.60. The number of nitrogens with one attached hydrogen (secondary N) is 1. The molecule has 1 aromatic carbocycles. The summed E-state index contributed by atoms with van der Waals surface area (Å²) in [7, 11) is 0. The first kappa shape index (κ1) is 14.4. The third-order valence-electron chi connectivity index (χ3n) is 4.09. The van der Waals surface area contributed by atoms with Gasteiger partial charge in [-0.3, -0.25) is 4.79 Å². The van der Waals surface area contributed by atoms with Gasteiger partial charge in [-0.15, -0.1) is 12.4 Å². The average molecular weight is 281 g/mol. The summed E-state index contributed by atoms with van der Waals surface area (Å²) in [6.07, 6.45) is 2.45. The van der Waals surface area contributed by atoms with E-state index in [0.717, 1.165) is 25.3 Å². The van der Waals surface area contributed by atoms with Gasteiger partial charge in [0.2, 0.25) is 5.91 Å². The molecule has 1 unspecified atom stereocenters. The molecule has 1 aliphatic heterocycles. The molecule has 3 rings (SSSR count). The van der Waals surface area contributed by atoms with Crippen molar-refractivity contribution < 1.29 is 4.79 Å². The number of para-hydroxylation sites is 1. The van der Waals surface area contributed by atoms with Crippen molar-refractivity contribution in [1.82, 2.24) is 5.32 Å². The van der Waals surface area contributed by atoms with Crippen molar-refractivity contribution in [2.45, 2.75) is 26.3 Å². The maximum atomic E-state index is 12.6. The van der Waals surface area contributed by atoms with E-state index in [1.165, 1.54) is 18.4 Å². The minimum atomic E-state index is 0. The second-order valence-corrected chi connectivity index (χ2v) is 5.42. The van der Waals surface area contributed by atoms with Crippen LogP contribution in [0.3, 0.4) is 0 Å². The summed E-state index contributed by atoms with van der Waals surface area (Å²) >= 11 is 0. The molecule has 4 heteroatoms. The van der Waals surface area contributed by atoms with Crippen LogP contribution in [-0.2, 0) is 11.3 Å². The highest BCUT2D eigenvalue weighted by Gasteiger charge is 2.35. The Morgan fingerprint density at radius 3 is 2.84 bits per heavy atom. The summed E-state index contributed by atoms with van der Waals surface area (Å²) < 4.78 is 0. The molecule has 0 bridgehead atoms. The summed E-state index contributed by atoms with van der Waals surface area (Å²) in [5.74, 6) is 1.10. The highest BCUT2D eigenvalue weighted by atomic mass is 35.5. The lowest BCUT2D eigenvalue weighted by Crippen LogP contribution is -2.38. The zero-order chi connectivity index (χ0) is 12.5. The molecule has 1 saturated carbocycles. The van der Waals surface area contributed by atoms with Crippen LogP contribution in [0, 0.1) is 11.8 Å². The minimum absolute atomic E-state index is 0. The quantitative estimate of drug-likeness (QED) is 0.903. The normalized spacial score (nSPS) is 19.9. The van der Waals surface area contributed by atoms with Gasteiger partial charge < -0.3 is 10.2 Å². The van der Waals surface area contributed by atoms with Crippen molar-refractivity contribution in [3.05, 3.63) is 29.8 Å². The Hall–Kier alpha value is -1.06. The van der Waals surface area contributed by atoms with Gasteiger partial charge in [0, 0.05) is 31.2 Å². The van der Waals surface area contributed by atoms with Gasteiger partial charge in [-0.2, -0.15) is 0 Å². The maximum Gasteiger partial charge on any atom is 0.230 e. The van der Waals surface area contributed by atoms with Crippen molar-refractivity contribution in [1.29, 1.82) is 0 Å². The fourth-order valence-corrected chi connectivity index (χ4v) is 2.73. The van der Waals surface area contributed by atoms with Crippen molar-refractivity contribution in [3.8, 4) is 0 Å². The molecule has 1 atom stereocenters. The van der Waals surface area contributed by atoms with Crippen molar-refractivity contribution in [3.63, 3.8) is 0 Å². The Kier molecular flexibility index (Phi) is 4.48. The molecular weight excluding hydrogens is 260 g/mol. The molecule has 0 radical (unpaired) electrons. The maximum absolute atomic E-state index is 12.6. The Bertz CT molecular complexity index is 459. The van der Waals surface area contributed by atoms with Crippen LogP contribution in [-0.4, -0.2) is 19.0 Å². The number of carbonyl (C=O) groups is 1. The molecule has 0 spiro atoms. The van der Waals surface area contributed by atoms with Crippen LogP contribution in [0.4, 0.5) is 5.69 Å². The lowest BCUT2D eigenvalue weighted by molar-refractivity contribution is -0.122. The van der Waals surface area contributed by atoms with Crippen LogP contribution in [0.15, 0.2) is 24.3 Å². The monoisotopic (exact) mass is 280 g/mol. The van der Waals surface area contributed by atoms with Crippen LogP contribution in [0.25, 0.3) is 0 Å². The van der Waals surface area contributed by atoms with E-state index in [9.17, 15) is 4.79 Å². The number of carbonyl (C=O) groups excluding carboxylic acids is 1. The number of hydrogen-bond acceptors (Lipinski definition) is 2. The molecular formula is C15H21ClN2O. The molecule has 1 fully saturated rings. The highest BCUT2D eigenvalue weighted by Crippen LogP contribution is 2.38. The first-order valence-corrected chi connectivity index (χ1v) is 6.87. The van der Waals surface area contributed by atoms with E-state index in [-0.39, 0.29) is 18.3 Å². The number of rotatable bonds is 2. The van der Waals surface area contributed by atoms with E-state index in [0.29, 0.717) is 11.8 Å². The highest BCUT2D eigenvalue weighted by molar-refractivity contribution is 5.96. The van der Waals surface area contributed by atoms with E-state index >= 15 is 0 Å². The average Bonchev–Trinajstić information content (AvgIpc) is 3.23. The van der Waals surface area contributed by atoms with Crippen molar-refractivity contribution in [2.24, 2.45) is 11.8 Å². The second kappa shape index (κ2) is 5.93. The van der Waals surface area contributed by atoms with E-state index < -0.39 is 0 Å². The van der Waals surface area contributed by atoms with Crippen LogP contribution < -0.4 is 10.2 Å². The Balaban J connectivity index is 0.00000133. The van der Waals surface area contributed by atoms with Crippen LogP contribution in [0.5, 0.6) is 0 Å². The number of benzene rings is 1. The molecule has 0 saturated heterocycles. The van der Waals surface area contributed by atoms with Gasteiger partial charge in [0.15, 0.2) is 0 Å². The molecule has 19 heavy (non-hydrogen) atoms. The van der Waals surface area contributed by atoms with Gasteiger partial charge in [0.05, 0.1) is 0 Å². The first-order chi connectivity index (χ1) is 8.77. The van der Waals surface area contributed by atoms with Crippen molar-refractivity contribution in [2.75, 3.05) is 18.0 Å². The minimum Gasteiger partial charge on any atom is -0.311 e. The smallest absolute Gasteiger partial charge is 0.230 e. The van der Waals surface area contributed by atoms with Gasteiger partial charge in [-0.25, -0.2) is 0 Å².